The molecule has 0 amide bonds. The molecule has 0 aliphatic heterocycles. The molecule has 0 fully saturated rings. The molecule has 3 heteroatoms. The van der Waals surface area contributed by atoms with Gasteiger partial charge in [-0.05, 0) is 60.9 Å². The minimum absolute atomic E-state index is 0.335. The van der Waals surface area contributed by atoms with E-state index in [0.717, 1.165) is 0 Å². The molecule has 17 heavy (non-hydrogen) atoms. The fraction of sp³-hybridized carbons (Fsp3) is 0.429. The molecule has 0 radical (unpaired) electrons. The third-order valence-electron chi connectivity index (χ3n) is 3.47. The minimum atomic E-state index is 0.335. The lowest BCUT2D eigenvalue weighted by atomic mass is 10.1. The Bertz CT molecular complexity index is 569. The Kier molecular flexibility index (Phi) is 3.32. The Morgan fingerprint density at radius 1 is 1.29 bits per heavy atom. The SMILES string of the molecule is CNC(C)c1c(Br)c2c(C)cc(C)cc2n1C. The number of nitrogens with one attached hydrogen (secondary N) is 1. The first-order valence-electron chi connectivity index (χ1n) is 5.89. The topological polar surface area (TPSA) is 17.0 Å². The van der Waals surface area contributed by atoms with Crippen LogP contribution in [0.15, 0.2) is 16.6 Å². The number of rotatable bonds is 2. The number of fused-ring (bicyclic) bond motifs is 1. The summed E-state index contributed by atoms with van der Waals surface area (Å²) < 4.78 is 3.50. The van der Waals surface area contributed by atoms with Crippen molar-refractivity contribution in [2.24, 2.45) is 7.05 Å². The van der Waals surface area contributed by atoms with Crippen LogP contribution in [-0.4, -0.2) is 11.6 Å². The average Bonchev–Trinajstić information content (AvgIpc) is 2.50. The fourth-order valence-electron chi connectivity index (χ4n) is 2.52. The summed E-state index contributed by atoms with van der Waals surface area (Å²) >= 11 is 3.76. The van der Waals surface area contributed by atoms with Gasteiger partial charge < -0.3 is 9.88 Å². The standard InChI is InChI=1S/C14H19BrN2/c1-8-6-9(2)12-11(7-8)17(5)14(13(12)15)10(3)16-4/h6-7,10,16H,1-5H3. The van der Waals surface area contributed by atoms with E-state index in [4.69, 9.17) is 0 Å². The quantitative estimate of drug-likeness (QED) is 0.890. The predicted molar refractivity (Wildman–Crippen MR) is 77.6 cm³/mol. The second kappa shape index (κ2) is 4.46. The molecule has 0 aliphatic rings. The third kappa shape index (κ3) is 1.91. The Hall–Kier alpha value is -0.800. The Labute approximate surface area is 111 Å². The van der Waals surface area contributed by atoms with Crippen molar-refractivity contribution in [3.63, 3.8) is 0 Å². The monoisotopic (exact) mass is 294 g/mol. The van der Waals surface area contributed by atoms with Crippen molar-refractivity contribution in [3.05, 3.63) is 33.4 Å². The van der Waals surface area contributed by atoms with Crippen LogP contribution in [0.1, 0.15) is 29.8 Å². The van der Waals surface area contributed by atoms with Gasteiger partial charge >= 0.3 is 0 Å². The first-order valence-corrected chi connectivity index (χ1v) is 6.69. The summed E-state index contributed by atoms with van der Waals surface area (Å²) in [5.41, 5.74) is 5.24. The first-order chi connectivity index (χ1) is 7.97. The number of halogens is 1. The predicted octanol–water partition coefficient (Wildman–Crippen LogP) is 3.84. The zero-order valence-corrected chi connectivity index (χ0v) is 12.6. The van der Waals surface area contributed by atoms with Crippen LogP contribution in [0.2, 0.25) is 0 Å². The Morgan fingerprint density at radius 3 is 2.53 bits per heavy atom. The van der Waals surface area contributed by atoms with E-state index in [0.29, 0.717) is 6.04 Å². The van der Waals surface area contributed by atoms with Crippen LogP contribution in [-0.2, 0) is 7.05 Å². The molecule has 92 valence electrons. The van der Waals surface area contributed by atoms with Crippen molar-refractivity contribution in [1.29, 1.82) is 0 Å². The van der Waals surface area contributed by atoms with E-state index in [-0.39, 0.29) is 0 Å². The van der Waals surface area contributed by atoms with Gasteiger partial charge in [0.2, 0.25) is 0 Å². The minimum Gasteiger partial charge on any atom is -0.345 e. The highest BCUT2D eigenvalue weighted by atomic mass is 79.9. The van der Waals surface area contributed by atoms with E-state index < -0.39 is 0 Å². The van der Waals surface area contributed by atoms with Crippen LogP contribution < -0.4 is 5.32 Å². The largest absolute Gasteiger partial charge is 0.345 e. The van der Waals surface area contributed by atoms with E-state index in [1.54, 1.807) is 0 Å². The van der Waals surface area contributed by atoms with Gasteiger partial charge in [0.15, 0.2) is 0 Å². The van der Waals surface area contributed by atoms with Crippen LogP contribution in [0, 0.1) is 13.8 Å². The van der Waals surface area contributed by atoms with E-state index >= 15 is 0 Å². The molecule has 1 heterocycles. The van der Waals surface area contributed by atoms with Gasteiger partial charge in [-0.15, -0.1) is 0 Å². The summed E-state index contributed by atoms with van der Waals surface area (Å²) in [4.78, 5) is 0. The van der Waals surface area contributed by atoms with Gasteiger partial charge in [0.25, 0.3) is 0 Å². The van der Waals surface area contributed by atoms with E-state index in [1.165, 1.54) is 32.2 Å². The molecular formula is C14H19BrN2. The second-order valence-electron chi connectivity index (χ2n) is 4.74. The highest BCUT2D eigenvalue weighted by molar-refractivity contribution is 9.10. The van der Waals surface area contributed by atoms with E-state index in [2.05, 4.69) is 65.8 Å². The molecule has 0 spiro atoms. The summed E-state index contributed by atoms with van der Waals surface area (Å²) in [6.07, 6.45) is 0. The van der Waals surface area contributed by atoms with E-state index in [1.807, 2.05) is 7.05 Å². The van der Waals surface area contributed by atoms with E-state index in [9.17, 15) is 0 Å². The summed E-state index contributed by atoms with van der Waals surface area (Å²) in [7, 11) is 4.13. The normalized spacial score (nSPS) is 13.3. The smallest absolute Gasteiger partial charge is 0.0497 e. The van der Waals surface area contributed by atoms with Crippen molar-refractivity contribution in [2.45, 2.75) is 26.8 Å². The van der Waals surface area contributed by atoms with Crippen LogP contribution in [0.4, 0.5) is 0 Å². The molecule has 1 atom stereocenters. The molecule has 1 aromatic heterocycles. The maximum absolute atomic E-state index is 3.76. The van der Waals surface area contributed by atoms with Crippen LogP contribution in [0.5, 0.6) is 0 Å². The maximum Gasteiger partial charge on any atom is 0.0497 e. The molecule has 2 aromatic rings. The van der Waals surface area contributed by atoms with Crippen molar-refractivity contribution in [1.82, 2.24) is 9.88 Å². The average molecular weight is 295 g/mol. The number of hydrogen-bond acceptors (Lipinski definition) is 1. The Balaban J connectivity index is 2.85. The van der Waals surface area contributed by atoms with Crippen molar-refractivity contribution in [2.75, 3.05) is 7.05 Å². The molecule has 2 rings (SSSR count). The van der Waals surface area contributed by atoms with Gasteiger partial charge in [0, 0.05) is 34.2 Å². The molecule has 0 saturated heterocycles. The van der Waals surface area contributed by atoms with Crippen LogP contribution in [0.25, 0.3) is 10.9 Å². The molecular weight excluding hydrogens is 276 g/mol. The Morgan fingerprint density at radius 2 is 1.94 bits per heavy atom. The molecule has 1 N–H and O–H groups in total. The molecule has 0 saturated carbocycles. The van der Waals surface area contributed by atoms with Crippen molar-refractivity contribution < 1.29 is 0 Å². The zero-order valence-electron chi connectivity index (χ0n) is 11.1. The lowest BCUT2D eigenvalue weighted by Gasteiger charge is -2.12. The fourth-order valence-corrected chi connectivity index (χ4v) is 3.64. The van der Waals surface area contributed by atoms with Gasteiger partial charge in [0.05, 0.1) is 0 Å². The first kappa shape index (κ1) is 12.7. The van der Waals surface area contributed by atoms with Gasteiger partial charge in [-0.25, -0.2) is 0 Å². The molecule has 0 bridgehead atoms. The van der Waals surface area contributed by atoms with Gasteiger partial charge in [-0.3, -0.25) is 0 Å². The molecule has 1 unspecified atom stereocenters. The highest BCUT2D eigenvalue weighted by Gasteiger charge is 2.18. The van der Waals surface area contributed by atoms with Crippen LogP contribution >= 0.6 is 15.9 Å². The molecule has 1 aromatic carbocycles. The molecule has 0 aliphatic carbocycles. The van der Waals surface area contributed by atoms with Crippen molar-refractivity contribution >= 4 is 26.8 Å². The van der Waals surface area contributed by atoms with Gasteiger partial charge in [0.1, 0.15) is 0 Å². The number of nitrogens with zero attached hydrogens (tertiary/aromatic N) is 1. The summed E-state index contributed by atoms with van der Waals surface area (Å²) in [6, 6.07) is 4.82. The summed E-state index contributed by atoms with van der Waals surface area (Å²) in [5, 5.41) is 4.64. The van der Waals surface area contributed by atoms with Gasteiger partial charge in [-0.2, -0.15) is 0 Å². The number of aromatic nitrogens is 1. The second-order valence-corrected chi connectivity index (χ2v) is 5.54. The van der Waals surface area contributed by atoms with Crippen molar-refractivity contribution in [3.8, 4) is 0 Å². The molecule has 2 nitrogen and oxygen atoms in total. The third-order valence-corrected chi connectivity index (χ3v) is 4.27. The number of benzene rings is 1. The zero-order chi connectivity index (χ0) is 12.7. The number of aryl methyl sites for hydroxylation is 3. The summed E-state index contributed by atoms with van der Waals surface area (Å²) in [5.74, 6) is 0. The van der Waals surface area contributed by atoms with Crippen LogP contribution in [0.3, 0.4) is 0 Å². The summed E-state index contributed by atoms with van der Waals surface area (Å²) in [6.45, 7) is 6.50. The maximum atomic E-state index is 3.76. The lowest BCUT2D eigenvalue weighted by molar-refractivity contribution is 0.607. The lowest BCUT2D eigenvalue weighted by Crippen LogP contribution is -2.15. The highest BCUT2D eigenvalue weighted by Crippen LogP contribution is 2.36. The number of hydrogen-bond donors (Lipinski definition) is 1. The van der Waals surface area contributed by atoms with Gasteiger partial charge in [-0.1, -0.05) is 6.07 Å².